The summed E-state index contributed by atoms with van der Waals surface area (Å²) in [5.74, 6) is -0.821. The minimum Gasteiger partial charge on any atom is -0.444 e. The highest BCUT2D eigenvalue weighted by molar-refractivity contribution is 5.92. The number of aryl methyl sites for hydroxylation is 1. The Kier molecular flexibility index (Phi) is 12.9. The van der Waals surface area contributed by atoms with Crippen LogP contribution >= 0.6 is 0 Å². The molecule has 0 bridgehead atoms. The lowest BCUT2D eigenvalue weighted by Crippen LogP contribution is -2.55. The first-order valence-electron chi connectivity index (χ1n) is 13.1. The van der Waals surface area contributed by atoms with Gasteiger partial charge in [0.1, 0.15) is 17.7 Å². The van der Waals surface area contributed by atoms with Crippen molar-refractivity contribution in [2.75, 3.05) is 13.2 Å². The maximum absolute atomic E-state index is 13.8. The molecule has 8 heteroatoms. The fourth-order valence-corrected chi connectivity index (χ4v) is 3.97. The molecule has 36 heavy (non-hydrogen) atoms. The van der Waals surface area contributed by atoms with Crippen LogP contribution in [0.1, 0.15) is 96.4 Å². The molecule has 0 aromatic heterocycles. The molecule has 0 spiro atoms. The Morgan fingerprint density at radius 2 is 1.67 bits per heavy atom. The van der Waals surface area contributed by atoms with Gasteiger partial charge in [-0.25, -0.2) is 4.79 Å². The van der Waals surface area contributed by atoms with E-state index in [9.17, 15) is 19.5 Å². The fourth-order valence-electron chi connectivity index (χ4n) is 3.97. The summed E-state index contributed by atoms with van der Waals surface area (Å²) in [6, 6.07) is 3.43. The molecule has 1 aromatic rings. The van der Waals surface area contributed by atoms with E-state index in [-0.39, 0.29) is 11.9 Å². The van der Waals surface area contributed by atoms with Crippen LogP contribution in [0.25, 0.3) is 0 Å². The predicted molar refractivity (Wildman–Crippen MR) is 143 cm³/mol. The van der Waals surface area contributed by atoms with Gasteiger partial charge in [-0.15, -0.1) is 0 Å². The molecule has 2 unspecified atom stereocenters. The lowest BCUT2D eigenvalue weighted by atomic mass is 9.94. The Morgan fingerprint density at radius 1 is 1.03 bits per heavy atom. The quantitative estimate of drug-likeness (QED) is 0.341. The van der Waals surface area contributed by atoms with Crippen molar-refractivity contribution < 1.29 is 24.2 Å². The number of nitrogens with one attached hydrogen (secondary N) is 2. The number of nitrogens with zero attached hydrogens (tertiary/aromatic N) is 1. The zero-order valence-corrected chi connectivity index (χ0v) is 23.4. The molecule has 0 aliphatic rings. The Balaban J connectivity index is 3.43. The highest BCUT2D eigenvalue weighted by atomic mass is 16.6. The first kappa shape index (κ1) is 31.4. The first-order valence-corrected chi connectivity index (χ1v) is 13.1. The van der Waals surface area contributed by atoms with Gasteiger partial charge in [0.25, 0.3) is 0 Å². The fraction of sp³-hybridized carbons (Fsp3) is 0.679. The molecule has 0 aliphatic carbocycles. The zero-order chi connectivity index (χ0) is 27.5. The molecule has 8 nitrogen and oxygen atoms in total. The second-order valence-corrected chi connectivity index (χ2v) is 10.7. The van der Waals surface area contributed by atoms with Gasteiger partial charge in [0.15, 0.2) is 0 Å². The number of carbonyl (C=O) groups excluding carboxylic acids is 3. The summed E-state index contributed by atoms with van der Waals surface area (Å²) in [6.45, 7) is 14.6. The summed E-state index contributed by atoms with van der Waals surface area (Å²) in [6.07, 6.45) is 4.04. The molecule has 1 aromatic carbocycles. The number of unbranched alkanes of at least 4 members (excludes halogenated alkanes) is 4. The highest BCUT2D eigenvalue weighted by Gasteiger charge is 2.36. The number of aliphatic hydroxyl groups is 1. The second-order valence-electron chi connectivity index (χ2n) is 10.7. The first-order chi connectivity index (χ1) is 16.8. The molecule has 0 heterocycles. The summed E-state index contributed by atoms with van der Waals surface area (Å²) in [7, 11) is 0. The lowest BCUT2D eigenvalue weighted by Gasteiger charge is -2.35. The molecule has 0 saturated carbocycles. The van der Waals surface area contributed by atoms with Crippen LogP contribution in [0.3, 0.4) is 0 Å². The molecule has 2 atom stereocenters. The van der Waals surface area contributed by atoms with Gasteiger partial charge in [-0.3, -0.25) is 9.59 Å². The van der Waals surface area contributed by atoms with Crippen molar-refractivity contribution in [2.45, 2.75) is 111 Å². The van der Waals surface area contributed by atoms with Crippen molar-refractivity contribution in [1.29, 1.82) is 0 Å². The maximum atomic E-state index is 13.8. The lowest BCUT2D eigenvalue weighted by molar-refractivity contribution is -0.143. The molecule has 0 fully saturated rings. The van der Waals surface area contributed by atoms with E-state index in [0.29, 0.717) is 13.0 Å². The summed E-state index contributed by atoms with van der Waals surface area (Å²) in [5.41, 5.74) is 1.90. The predicted octanol–water partition coefficient (Wildman–Crippen LogP) is 4.55. The van der Waals surface area contributed by atoms with Gasteiger partial charge < -0.3 is 25.4 Å². The third kappa shape index (κ3) is 10.2. The van der Waals surface area contributed by atoms with E-state index in [1.807, 2.05) is 45.9 Å². The second kappa shape index (κ2) is 14.8. The SMILES string of the molecule is CCCCCCCN(C(=O)C(CO)NC(=O)OC(C)(C)C)C(C(=O)NC(C)C)c1cccc(C)c1C. The van der Waals surface area contributed by atoms with Crippen LogP contribution in [0.4, 0.5) is 4.79 Å². The maximum Gasteiger partial charge on any atom is 0.408 e. The van der Waals surface area contributed by atoms with Gasteiger partial charge in [0.05, 0.1) is 6.61 Å². The van der Waals surface area contributed by atoms with Crippen LogP contribution in [-0.4, -0.2) is 58.8 Å². The van der Waals surface area contributed by atoms with Gasteiger partial charge in [0, 0.05) is 12.6 Å². The van der Waals surface area contributed by atoms with E-state index in [1.54, 1.807) is 20.8 Å². The van der Waals surface area contributed by atoms with Crippen LogP contribution in [0, 0.1) is 13.8 Å². The molecule has 204 valence electrons. The number of alkyl carbamates (subject to hydrolysis) is 1. The van der Waals surface area contributed by atoms with Crippen molar-refractivity contribution in [3.63, 3.8) is 0 Å². The van der Waals surface area contributed by atoms with Crippen LogP contribution in [-0.2, 0) is 14.3 Å². The molecule has 3 N–H and O–H groups in total. The van der Waals surface area contributed by atoms with Crippen molar-refractivity contribution in [2.24, 2.45) is 0 Å². The van der Waals surface area contributed by atoms with Crippen LogP contribution in [0.5, 0.6) is 0 Å². The summed E-state index contributed by atoms with van der Waals surface area (Å²) in [5, 5.41) is 15.5. The van der Waals surface area contributed by atoms with Gasteiger partial charge in [-0.05, 0) is 71.6 Å². The van der Waals surface area contributed by atoms with Gasteiger partial charge in [0.2, 0.25) is 11.8 Å². The average Bonchev–Trinajstić information content (AvgIpc) is 2.76. The number of benzene rings is 1. The molecular formula is C28H47N3O5. The van der Waals surface area contributed by atoms with Gasteiger partial charge in [-0.1, -0.05) is 50.8 Å². The number of carbonyl (C=O) groups is 3. The number of rotatable bonds is 13. The molecule has 3 amide bonds. The molecule has 0 aliphatic heterocycles. The highest BCUT2D eigenvalue weighted by Crippen LogP contribution is 2.28. The van der Waals surface area contributed by atoms with Crippen LogP contribution in [0.15, 0.2) is 18.2 Å². The Bertz CT molecular complexity index is 863. The summed E-state index contributed by atoms with van der Waals surface area (Å²) < 4.78 is 5.29. The van der Waals surface area contributed by atoms with Gasteiger partial charge in [-0.2, -0.15) is 0 Å². The van der Waals surface area contributed by atoms with E-state index in [0.717, 1.165) is 42.4 Å². The molecule has 0 saturated heterocycles. The van der Waals surface area contributed by atoms with Crippen LogP contribution < -0.4 is 10.6 Å². The van der Waals surface area contributed by atoms with E-state index in [1.165, 1.54) is 4.90 Å². The third-order valence-corrected chi connectivity index (χ3v) is 5.89. The monoisotopic (exact) mass is 505 g/mol. The van der Waals surface area contributed by atoms with E-state index < -0.39 is 36.3 Å². The van der Waals surface area contributed by atoms with Crippen LogP contribution in [0.2, 0.25) is 0 Å². The normalized spacial score (nSPS) is 13.2. The number of hydrogen-bond acceptors (Lipinski definition) is 5. The summed E-state index contributed by atoms with van der Waals surface area (Å²) >= 11 is 0. The molecular weight excluding hydrogens is 458 g/mol. The largest absolute Gasteiger partial charge is 0.444 e. The Labute approximate surface area is 217 Å². The Morgan fingerprint density at radius 3 is 2.22 bits per heavy atom. The minimum atomic E-state index is -1.24. The van der Waals surface area contributed by atoms with E-state index in [2.05, 4.69) is 17.6 Å². The van der Waals surface area contributed by atoms with Crippen molar-refractivity contribution in [3.05, 3.63) is 34.9 Å². The van der Waals surface area contributed by atoms with Crippen molar-refractivity contribution in [3.8, 4) is 0 Å². The van der Waals surface area contributed by atoms with Crippen molar-refractivity contribution >= 4 is 17.9 Å². The smallest absolute Gasteiger partial charge is 0.408 e. The standard InChI is InChI=1S/C28H47N3O5/c1-9-10-11-12-13-17-31(26(34)23(18-32)30-27(35)36-28(6,7)8)24(25(33)29-19(2)3)22-16-14-15-20(4)21(22)5/h14-16,19,23-24,32H,9-13,17-18H2,1-8H3,(H,29,33)(H,30,35). The number of hydrogen-bond donors (Lipinski definition) is 3. The number of amides is 3. The van der Waals surface area contributed by atoms with E-state index >= 15 is 0 Å². The zero-order valence-electron chi connectivity index (χ0n) is 23.4. The molecule has 0 radical (unpaired) electrons. The molecule has 1 rings (SSSR count). The topological polar surface area (TPSA) is 108 Å². The average molecular weight is 506 g/mol. The number of ether oxygens (including phenoxy) is 1. The van der Waals surface area contributed by atoms with Crippen molar-refractivity contribution in [1.82, 2.24) is 15.5 Å². The minimum absolute atomic E-state index is 0.125. The van der Waals surface area contributed by atoms with Gasteiger partial charge >= 0.3 is 6.09 Å². The summed E-state index contributed by atoms with van der Waals surface area (Å²) in [4.78, 5) is 41.3. The third-order valence-electron chi connectivity index (χ3n) is 5.89. The van der Waals surface area contributed by atoms with E-state index in [4.69, 9.17) is 4.74 Å². The Hall–Kier alpha value is -2.61. The number of aliphatic hydroxyl groups excluding tert-OH is 1.